The Bertz CT molecular complexity index is 565. The highest BCUT2D eigenvalue weighted by Crippen LogP contribution is 2.41. The van der Waals surface area contributed by atoms with Crippen molar-refractivity contribution in [2.24, 2.45) is 5.41 Å². The Morgan fingerprint density at radius 2 is 2.08 bits per heavy atom. The maximum atomic E-state index is 12.5. The molecule has 24 heavy (non-hydrogen) atoms. The highest BCUT2D eigenvalue weighted by atomic mass is 32.1. The number of rotatable bonds is 3. The Morgan fingerprint density at radius 1 is 1.25 bits per heavy atom. The zero-order chi connectivity index (χ0) is 16.6. The van der Waals surface area contributed by atoms with E-state index in [2.05, 4.69) is 38.6 Å². The molecule has 1 aromatic rings. The Kier molecular flexibility index (Phi) is 4.67. The summed E-state index contributed by atoms with van der Waals surface area (Å²) in [5.41, 5.74) is 1.84. The van der Waals surface area contributed by atoms with E-state index in [0.717, 1.165) is 45.4 Å². The fraction of sp³-hybridized carbons (Fsp3) is 0.737. The number of carbonyl (C=O) groups excluding carboxylic acids is 1. The van der Waals surface area contributed by atoms with Crippen molar-refractivity contribution in [2.75, 3.05) is 39.8 Å². The first-order valence-electron chi connectivity index (χ1n) is 9.35. The molecule has 0 aliphatic carbocycles. The van der Waals surface area contributed by atoms with Crippen molar-refractivity contribution in [3.8, 4) is 0 Å². The third kappa shape index (κ3) is 3.39. The second-order valence-electron chi connectivity index (χ2n) is 8.13. The SMILES string of the molecule is CN1CC[C@H](N2CC3(CCC2=O)CCN(Cc2ccsc2)CC3)C1. The predicted octanol–water partition coefficient (Wildman–Crippen LogP) is 2.66. The van der Waals surface area contributed by atoms with Crippen LogP contribution in [0.2, 0.25) is 0 Å². The van der Waals surface area contributed by atoms with Crippen LogP contribution in [0.15, 0.2) is 16.8 Å². The molecule has 3 aliphatic heterocycles. The largest absolute Gasteiger partial charge is 0.338 e. The number of likely N-dealkylation sites (N-methyl/N-ethyl adjacent to an activating group) is 1. The molecule has 5 heteroatoms. The molecule has 4 heterocycles. The Labute approximate surface area is 149 Å². The van der Waals surface area contributed by atoms with Crippen LogP contribution in [0.1, 0.15) is 37.7 Å². The minimum atomic E-state index is 0.389. The lowest BCUT2D eigenvalue weighted by atomic mass is 9.72. The van der Waals surface area contributed by atoms with Crippen molar-refractivity contribution >= 4 is 17.2 Å². The average Bonchev–Trinajstić information content (AvgIpc) is 3.24. The number of hydrogen-bond acceptors (Lipinski definition) is 4. The molecule has 3 saturated heterocycles. The van der Waals surface area contributed by atoms with Gasteiger partial charge in [-0.15, -0.1) is 0 Å². The van der Waals surface area contributed by atoms with E-state index in [1.54, 1.807) is 11.3 Å². The second kappa shape index (κ2) is 6.77. The lowest BCUT2D eigenvalue weighted by Gasteiger charge is -2.49. The molecule has 0 N–H and O–H groups in total. The van der Waals surface area contributed by atoms with Crippen LogP contribution in [-0.4, -0.2) is 66.4 Å². The quantitative estimate of drug-likeness (QED) is 0.841. The average molecular weight is 348 g/mol. The zero-order valence-corrected chi connectivity index (χ0v) is 15.6. The van der Waals surface area contributed by atoms with Crippen LogP contribution in [0, 0.1) is 5.41 Å². The Morgan fingerprint density at radius 3 is 2.75 bits per heavy atom. The first kappa shape index (κ1) is 16.6. The van der Waals surface area contributed by atoms with E-state index in [4.69, 9.17) is 0 Å². The van der Waals surface area contributed by atoms with Crippen molar-refractivity contribution in [1.29, 1.82) is 0 Å². The third-order valence-electron chi connectivity index (χ3n) is 6.41. The van der Waals surface area contributed by atoms with Gasteiger partial charge in [0, 0.05) is 32.1 Å². The maximum absolute atomic E-state index is 12.5. The molecule has 4 rings (SSSR count). The van der Waals surface area contributed by atoms with Gasteiger partial charge < -0.3 is 9.80 Å². The molecule has 3 aliphatic rings. The van der Waals surface area contributed by atoms with E-state index < -0.39 is 0 Å². The summed E-state index contributed by atoms with van der Waals surface area (Å²) in [7, 11) is 2.17. The molecule has 1 aromatic heterocycles. The van der Waals surface area contributed by atoms with Gasteiger partial charge in [-0.1, -0.05) is 0 Å². The van der Waals surface area contributed by atoms with Crippen molar-refractivity contribution in [1.82, 2.24) is 14.7 Å². The van der Waals surface area contributed by atoms with E-state index in [-0.39, 0.29) is 0 Å². The van der Waals surface area contributed by atoms with Gasteiger partial charge in [-0.3, -0.25) is 9.69 Å². The first-order valence-corrected chi connectivity index (χ1v) is 10.3. The molecular formula is C19H29N3OS. The fourth-order valence-corrected chi connectivity index (χ4v) is 5.44. The minimum Gasteiger partial charge on any atom is -0.338 e. The van der Waals surface area contributed by atoms with Gasteiger partial charge >= 0.3 is 0 Å². The topological polar surface area (TPSA) is 26.8 Å². The number of thiophene rings is 1. The van der Waals surface area contributed by atoms with Crippen LogP contribution < -0.4 is 0 Å². The summed E-state index contributed by atoms with van der Waals surface area (Å²) in [6.45, 7) is 6.67. The van der Waals surface area contributed by atoms with E-state index in [0.29, 0.717) is 17.4 Å². The summed E-state index contributed by atoms with van der Waals surface area (Å²) < 4.78 is 0. The van der Waals surface area contributed by atoms with Crippen LogP contribution in [0.3, 0.4) is 0 Å². The molecule has 0 saturated carbocycles. The van der Waals surface area contributed by atoms with Crippen LogP contribution in [0.25, 0.3) is 0 Å². The standard InChI is InChI=1S/C19H29N3OS/c1-20-8-3-17(13-20)22-15-19(5-2-18(22)23)6-9-21(10-7-19)12-16-4-11-24-14-16/h4,11,14,17H,2-3,5-10,12-13,15H2,1H3/t17-/m0/s1. The summed E-state index contributed by atoms with van der Waals surface area (Å²) in [6.07, 6.45) is 5.54. The molecule has 1 spiro atoms. The van der Waals surface area contributed by atoms with Gasteiger partial charge in [-0.2, -0.15) is 11.3 Å². The minimum absolute atomic E-state index is 0.389. The molecule has 0 radical (unpaired) electrons. The molecule has 0 bridgehead atoms. The van der Waals surface area contributed by atoms with Gasteiger partial charge in [-0.05, 0) is 80.2 Å². The molecule has 3 fully saturated rings. The molecule has 0 unspecified atom stereocenters. The summed E-state index contributed by atoms with van der Waals surface area (Å²) >= 11 is 1.79. The van der Waals surface area contributed by atoms with Crippen LogP contribution in [-0.2, 0) is 11.3 Å². The van der Waals surface area contributed by atoms with Crippen molar-refractivity contribution in [3.05, 3.63) is 22.4 Å². The van der Waals surface area contributed by atoms with Gasteiger partial charge in [0.1, 0.15) is 0 Å². The number of piperidine rings is 2. The molecule has 132 valence electrons. The van der Waals surface area contributed by atoms with E-state index in [9.17, 15) is 4.79 Å². The lowest BCUT2D eigenvalue weighted by molar-refractivity contribution is -0.142. The Balaban J connectivity index is 1.36. The number of likely N-dealkylation sites (tertiary alicyclic amines) is 3. The predicted molar refractivity (Wildman–Crippen MR) is 98.1 cm³/mol. The normalized spacial score (nSPS) is 28.8. The van der Waals surface area contributed by atoms with E-state index >= 15 is 0 Å². The summed E-state index contributed by atoms with van der Waals surface area (Å²) in [5, 5.41) is 4.44. The molecule has 1 atom stereocenters. The van der Waals surface area contributed by atoms with E-state index in [1.807, 2.05) is 0 Å². The third-order valence-corrected chi connectivity index (χ3v) is 7.14. The van der Waals surface area contributed by atoms with Gasteiger partial charge in [0.05, 0.1) is 0 Å². The molecular weight excluding hydrogens is 318 g/mol. The zero-order valence-electron chi connectivity index (χ0n) is 14.7. The summed E-state index contributed by atoms with van der Waals surface area (Å²) in [4.78, 5) is 19.7. The number of amides is 1. The van der Waals surface area contributed by atoms with Crippen LogP contribution in [0.4, 0.5) is 0 Å². The van der Waals surface area contributed by atoms with Crippen molar-refractivity contribution in [3.63, 3.8) is 0 Å². The van der Waals surface area contributed by atoms with Crippen LogP contribution in [0.5, 0.6) is 0 Å². The molecule has 4 nitrogen and oxygen atoms in total. The fourth-order valence-electron chi connectivity index (χ4n) is 4.78. The maximum Gasteiger partial charge on any atom is 0.222 e. The van der Waals surface area contributed by atoms with Gasteiger partial charge in [0.2, 0.25) is 5.91 Å². The monoisotopic (exact) mass is 347 g/mol. The first-order chi connectivity index (χ1) is 11.6. The van der Waals surface area contributed by atoms with Crippen LogP contribution >= 0.6 is 11.3 Å². The summed E-state index contributed by atoms with van der Waals surface area (Å²) in [6, 6.07) is 2.70. The lowest BCUT2D eigenvalue weighted by Crippen LogP contribution is -2.54. The van der Waals surface area contributed by atoms with Gasteiger partial charge in [0.25, 0.3) is 0 Å². The van der Waals surface area contributed by atoms with E-state index in [1.165, 1.54) is 31.5 Å². The highest BCUT2D eigenvalue weighted by Gasteiger charge is 2.43. The number of carbonyl (C=O) groups is 1. The highest BCUT2D eigenvalue weighted by molar-refractivity contribution is 7.07. The van der Waals surface area contributed by atoms with Crippen molar-refractivity contribution in [2.45, 2.75) is 44.7 Å². The molecule has 1 amide bonds. The smallest absolute Gasteiger partial charge is 0.222 e. The van der Waals surface area contributed by atoms with Gasteiger partial charge in [-0.25, -0.2) is 0 Å². The number of hydrogen-bond donors (Lipinski definition) is 0. The molecule has 0 aromatic carbocycles. The second-order valence-corrected chi connectivity index (χ2v) is 8.91. The number of nitrogens with zero attached hydrogens (tertiary/aromatic N) is 3. The van der Waals surface area contributed by atoms with Gasteiger partial charge in [0.15, 0.2) is 0 Å². The summed E-state index contributed by atoms with van der Waals surface area (Å²) in [5.74, 6) is 0.404. The Hall–Kier alpha value is -0.910. The van der Waals surface area contributed by atoms with Crippen molar-refractivity contribution < 1.29 is 4.79 Å².